The fourth-order valence-electron chi connectivity index (χ4n) is 3.00. The fourth-order valence-corrected chi connectivity index (χ4v) is 4.24. The fraction of sp³-hybridized carbons (Fsp3) is 0.0476. The van der Waals surface area contributed by atoms with E-state index in [1.165, 1.54) is 0 Å². The number of nitrogens with zero attached hydrogens (tertiary/aromatic N) is 5. The summed E-state index contributed by atoms with van der Waals surface area (Å²) in [7, 11) is 0. The Bertz CT molecular complexity index is 1290. The third kappa shape index (κ3) is 3.10. The second-order valence-electron chi connectivity index (χ2n) is 6.20. The van der Waals surface area contributed by atoms with Gasteiger partial charge < -0.3 is 0 Å². The molecule has 0 fully saturated rings. The maximum absolute atomic E-state index is 6.31. The molecule has 0 spiro atoms. The van der Waals surface area contributed by atoms with E-state index >= 15 is 0 Å². The zero-order valence-corrected chi connectivity index (χ0v) is 16.2. The molecule has 0 saturated heterocycles. The van der Waals surface area contributed by atoms with Crippen LogP contribution in [0.5, 0.6) is 0 Å². The molecular weight excluding hydrogens is 390 g/mol. The van der Waals surface area contributed by atoms with Gasteiger partial charge in [0.2, 0.25) is 0 Å². The van der Waals surface area contributed by atoms with Crippen molar-refractivity contribution in [2.24, 2.45) is 0 Å². The summed E-state index contributed by atoms with van der Waals surface area (Å²) in [6.45, 7) is 0. The Balaban J connectivity index is 1.64. The van der Waals surface area contributed by atoms with Crippen LogP contribution in [0.2, 0.25) is 5.02 Å². The van der Waals surface area contributed by atoms with Crippen molar-refractivity contribution in [3.8, 4) is 11.4 Å². The molecule has 0 aliphatic carbocycles. The highest BCUT2D eigenvalue weighted by molar-refractivity contribution is 7.98. The standard InChI is InChI=1S/C21H14ClN5S/c22-17-7-3-1-5-15(17)13-28-21-24-18-8-4-2-6-16(18)20-25-19(26-27(20)21)14-9-11-23-12-10-14/h1-12H,13H2. The highest BCUT2D eigenvalue weighted by Crippen LogP contribution is 2.29. The average molecular weight is 404 g/mol. The van der Waals surface area contributed by atoms with Gasteiger partial charge in [-0.25, -0.2) is 9.97 Å². The van der Waals surface area contributed by atoms with Crippen LogP contribution >= 0.6 is 23.4 Å². The van der Waals surface area contributed by atoms with Gasteiger partial charge >= 0.3 is 0 Å². The van der Waals surface area contributed by atoms with E-state index in [2.05, 4.69) is 4.98 Å². The van der Waals surface area contributed by atoms with Crippen LogP contribution in [0.4, 0.5) is 0 Å². The zero-order valence-electron chi connectivity index (χ0n) is 14.7. The lowest BCUT2D eigenvalue weighted by molar-refractivity contribution is 0.811. The summed E-state index contributed by atoms with van der Waals surface area (Å²) >= 11 is 7.91. The Labute approximate surface area is 170 Å². The second-order valence-corrected chi connectivity index (χ2v) is 7.55. The topological polar surface area (TPSA) is 56.0 Å². The average Bonchev–Trinajstić information content (AvgIpc) is 3.20. The molecule has 0 N–H and O–H groups in total. The molecule has 5 aromatic rings. The number of halogens is 1. The predicted molar refractivity (Wildman–Crippen MR) is 113 cm³/mol. The number of para-hydroxylation sites is 1. The third-order valence-electron chi connectivity index (χ3n) is 4.40. The molecule has 136 valence electrons. The van der Waals surface area contributed by atoms with Gasteiger partial charge in [0.05, 0.1) is 5.52 Å². The molecular formula is C21H14ClN5S. The summed E-state index contributed by atoms with van der Waals surface area (Å²) in [5.41, 5.74) is 3.67. The Morgan fingerprint density at radius 1 is 0.893 bits per heavy atom. The largest absolute Gasteiger partial charge is 0.265 e. The number of thioether (sulfide) groups is 1. The molecule has 5 nitrogen and oxygen atoms in total. The number of hydrogen-bond donors (Lipinski definition) is 0. The van der Waals surface area contributed by atoms with Crippen molar-refractivity contribution in [3.05, 3.63) is 83.6 Å². The van der Waals surface area contributed by atoms with Gasteiger partial charge in [0, 0.05) is 34.1 Å². The van der Waals surface area contributed by atoms with Crippen LogP contribution in [-0.4, -0.2) is 24.6 Å². The van der Waals surface area contributed by atoms with Gasteiger partial charge in [-0.3, -0.25) is 4.98 Å². The first-order valence-electron chi connectivity index (χ1n) is 8.72. The SMILES string of the molecule is Clc1ccccc1CSc1nc2ccccc2c2nc(-c3ccncc3)nn12. The summed E-state index contributed by atoms with van der Waals surface area (Å²) in [5.74, 6) is 1.35. The number of fused-ring (bicyclic) bond motifs is 3. The highest BCUT2D eigenvalue weighted by Gasteiger charge is 2.15. The predicted octanol–water partition coefficient (Wildman–Crippen LogP) is 5.29. The number of benzene rings is 2. The van der Waals surface area contributed by atoms with Crippen LogP contribution in [0.25, 0.3) is 27.9 Å². The molecule has 0 atom stereocenters. The Hall–Kier alpha value is -2.96. The summed E-state index contributed by atoms with van der Waals surface area (Å²) < 4.78 is 1.82. The number of rotatable bonds is 4. The molecule has 28 heavy (non-hydrogen) atoms. The second kappa shape index (κ2) is 7.22. The van der Waals surface area contributed by atoms with E-state index in [0.29, 0.717) is 11.6 Å². The van der Waals surface area contributed by atoms with Crippen LogP contribution in [0.3, 0.4) is 0 Å². The van der Waals surface area contributed by atoms with Crippen molar-refractivity contribution < 1.29 is 0 Å². The molecule has 0 amide bonds. The summed E-state index contributed by atoms with van der Waals surface area (Å²) in [6, 6.07) is 19.6. The first kappa shape index (κ1) is 17.2. The van der Waals surface area contributed by atoms with Crippen molar-refractivity contribution in [3.63, 3.8) is 0 Å². The van der Waals surface area contributed by atoms with Gasteiger partial charge in [-0.2, -0.15) is 4.52 Å². The van der Waals surface area contributed by atoms with Crippen molar-refractivity contribution in [2.45, 2.75) is 10.9 Å². The Morgan fingerprint density at radius 2 is 1.68 bits per heavy atom. The van der Waals surface area contributed by atoms with Gasteiger partial charge in [0.1, 0.15) is 0 Å². The van der Waals surface area contributed by atoms with Crippen molar-refractivity contribution in [1.82, 2.24) is 24.6 Å². The number of aromatic nitrogens is 5. The van der Waals surface area contributed by atoms with E-state index in [9.17, 15) is 0 Å². The highest BCUT2D eigenvalue weighted by atomic mass is 35.5. The van der Waals surface area contributed by atoms with Crippen LogP contribution in [-0.2, 0) is 5.75 Å². The van der Waals surface area contributed by atoms with Crippen molar-refractivity contribution in [2.75, 3.05) is 0 Å². The molecule has 2 aromatic carbocycles. The maximum Gasteiger partial charge on any atom is 0.191 e. The third-order valence-corrected chi connectivity index (χ3v) is 5.75. The molecule has 0 aliphatic rings. The van der Waals surface area contributed by atoms with Gasteiger partial charge in [-0.15, -0.1) is 5.10 Å². The minimum Gasteiger partial charge on any atom is -0.265 e. The van der Waals surface area contributed by atoms with E-state index in [1.54, 1.807) is 24.2 Å². The quantitative estimate of drug-likeness (QED) is 0.301. The molecule has 0 aliphatic heterocycles. The molecule has 0 bridgehead atoms. The zero-order chi connectivity index (χ0) is 18.9. The van der Waals surface area contributed by atoms with Gasteiger partial charge in [-0.1, -0.05) is 53.7 Å². The molecule has 3 heterocycles. The van der Waals surface area contributed by atoms with Crippen LogP contribution in [0.15, 0.2) is 78.2 Å². The minimum absolute atomic E-state index is 0.653. The lowest BCUT2D eigenvalue weighted by atomic mass is 10.2. The number of pyridine rings is 1. The van der Waals surface area contributed by atoms with Gasteiger partial charge in [-0.05, 0) is 35.9 Å². The Kier molecular flexibility index (Phi) is 4.43. The number of hydrogen-bond acceptors (Lipinski definition) is 5. The lowest BCUT2D eigenvalue weighted by Gasteiger charge is -2.07. The Morgan fingerprint density at radius 3 is 2.54 bits per heavy atom. The van der Waals surface area contributed by atoms with Crippen LogP contribution < -0.4 is 0 Å². The van der Waals surface area contributed by atoms with E-state index in [0.717, 1.165) is 37.9 Å². The molecule has 7 heteroatoms. The molecule has 0 radical (unpaired) electrons. The normalized spacial score (nSPS) is 11.3. The lowest BCUT2D eigenvalue weighted by Crippen LogP contribution is -1.98. The smallest absolute Gasteiger partial charge is 0.191 e. The van der Waals surface area contributed by atoms with Crippen molar-refractivity contribution >= 4 is 39.9 Å². The van der Waals surface area contributed by atoms with Crippen LogP contribution in [0.1, 0.15) is 5.56 Å². The molecule has 0 saturated carbocycles. The van der Waals surface area contributed by atoms with Crippen molar-refractivity contribution in [1.29, 1.82) is 0 Å². The van der Waals surface area contributed by atoms with E-state index in [1.807, 2.05) is 65.2 Å². The van der Waals surface area contributed by atoms with E-state index in [-0.39, 0.29) is 0 Å². The van der Waals surface area contributed by atoms with Gasteiger partial charge in [0.15, 0.2) is 16.6 Å². The maximum atomic E-state index is 6.31. The van der Waals surface area contributed by atoms with E-state index in [4.69, 9.17) is 26.7 Å². The van der Waals surface area contributed by atoms with Crippen LogP contribution in [0, 0.1) is 0 Å². The van der Waals surface area contributed by atoms with E-state index < -0.39 is 0 Å². The first-order chi connectivity index (χ1) is 13.8. The minimum atomic E-state index is 0.653. The monoisotopic (exact) mass is 403 g/mol. The summed E-state index contributed by atoms with van der Waals surface area (Å²) in [4.78, 5) is 13.7. The molecule has 3 aromatic heterocycles. The summed E-state index contributed by atoms with van der Waals surface area (Å²) in [6.07, 6.45) is 3.48. The first-order valence-corrected chi connectivity index (χ1v) is 10.1. The molecule has 0 unspecified atom stereocenters. The summed E-state index contributed by atoms with van der Waals surface area (Å²) in [5, 5.41) is 7.23. The van der Waals surface area contributed by atoms with Gasteiger partial charge in [0.25, 0.3) is 0 Å². The molecule has 5 rings (SSSR count).